The zero-order valence-corrected chi connectivity index (χ0v) is 15.2. The Balaban J connectivity index is 1.63. The summed E-state index contributed by atoms with van der Waals surface area (Å²) in [5, 5.41) is 16.7. The van der Waals surface area contributed by atoms with Crippen LogP contribution in [-0.4, -0.2) is 34.4 Å². The van der Waals surface area contributed by atoms with Crippen molar-refractivity contribution in [3.05, 3.63) is 41.3 Å². The number of halogens is 1. The van der Waals surface area contributed by atoms with Gasteiger partial charge in [0.05, 0.1) is 11.4 Å². The monoisotopic (exact) mass is 371 g/mol. The highest BCUT2D eigenvalue weighted by Crippen LogP contribution is 2.25. The van der Waals surface area contributed by atoms with Gasteiger partial charge in [-0.05, 0) is 56.9 Å². The third-order valence-electron chi connectivity index (χ3n) is 4.75. The number of ether oxygens (including phenoxy) is 1. The number of nitrogens with two attached hydrogens (primary N) is 1. The number of rotatable bonds is 6. The number of hydrogen-bond donors (Lipinski definition) is 2. The van der Waals surface area contributed by atoms with E-state index >= 15 is 0 Å². The fourth-order valence-corrected chi connectivity index (χ4v) is 3.16. The van der Waals surface area contributed by atoms with Crippen molar-refractivity contribution in [2.75, 3.05) is 18.9 Å². The average molecular weight is 371 g/mol. The van der Waals surface area contributed by atoms with E-state index in [-0.39, 0.29) is 17.5 Å². The van der Waals surface area contributed by atoms with Gasteiger partial charge in [-0.1, -0.05) is 0 Å². The molecular weight excluding hydrogens is 349 g/mol. The molecule has 3 N–H and O–H groups in total. The largest absolute Gasteiger partial charge is 0.382 e. The third-order valence-corrected chi connectivity index (χ3v) is 4.75. The van der Waals surface area contributed by atoms with Crippen LogP contribution in [0.2, 0.25) is 0 Å². The quantitative estimate of drug-likeness (QED) is 0.756. The number of nitrogens with one attached hydrogen (secondary N) is 1. The van der Waals surface area contributed by atoms with Crippen molar-refractivity contribution in [1.82, 2.24) is 15.1 Å². The van der Waals surface area contributed by atoms with Crippen LogP contribution in [0.1, 0.15) is 37.4 Å². The minimum absolute atomic E-state index is 0.114. The summed E-state index contributed by atoms with van der Waals surface area (Å²) in [6.45, 7) is 2.86. The van der Waals surface area contributed by atoms with Gasteiger partial charge in [-0.2, -0.15) is 10.4 Å². The van der Waals surface area contributed by atoms with Crippen LogP contribution in [0.15, 0.2) is 24.3 Å². The number of nitrogens with zero attached hydrogens (tertiary/aromatic N) is 3. The molecule has 0 bridgehead atoms. The second-order valence-corrected chi connectivity index (χ2v) is 6.75. The Morgan fingerprint density at radius 1 is 1.48 bits per heavy atom. The number of carbonyl (C=O) groups excluding carboxylic acids is 1. The van der Waals surface area contributed by atoms with E-state index in [1.165, 1.54) is 16.8 Å². The number of nitrogen functional groups attached to an aromatic ring is 1. The fraction of sp³-hybridized carbons (Fsp3) is 0.421. The van der Waals surface area contributed by atoms with Crippen LogP contribution in [-0.2, 0) is 16.0 Å². The topological polar surface area (TPSA) is 106 Å². The standard InChI is InChI=1S/C19H22FN5O2/c1-19(9-3-11-27-19)18(26)23-10-2-4-16-15(12-21)17(22)25(24-16)14-7-5-13(20)6-8-14/h5-8H,2-4,9-11,22H2,1H3,(H,23,26)/t19-/m1/s1. The molecule has 0 unspecified atom stereocenters. The lowest BCUT2D eigenvalue weighted by atomic mass is 10.0. The Hall–Kier alpha value is -2.92. The van der Waals surface area contributed by atoms with Crippen LogP contribution in [0.25, 0.3) is 5.69 Å². The summed E-state index contributed by atoms with van der Waals surface area (Å²) in [4.78, 5) is 12.2. The van der Waals surface area contributed by atoms with E-state index in [0.29, 0.717) is 42.9 Å². The van der Waals surface area contributed by atoms with Gasteiger partial charge in [-0.25, -0.2) is 9.07 Å². The molecule has 1 aromatic heterocycles. The van der Waals surface area contributed by atoms with Crippen molar-refractivity contribution >= 4 is 11.7 Å². The van der Waals surface area contributed by atoms with Gasteiger partial charge < -0.3 is 15.8 Å². The van der Waals surface area contributed by atoms with Gasteiger partial charge in [-0.15, -0.1) is 0 Å². The van der Waals surface area contributed by atoms with Crippen LogP contribution in [0.4, 0.5) is 10.2 Å². The first-order valence-corrected chi connectivity index (χ1v) is 8.90. The van der Waals surface area contributed by atoms with E-state index in [4.69, 9.17) is 10.5 Å². The maximum absolute atomic E-state index is 13.1. The maximum atomic E-state index is 13.1. The second kappa shape index (κ2) is 7.76. The highest BCUT2D eigenvalue weighted by molar-refractivity contribution is 5.84. The molecule has 0 aliphatic carbocycles. The lowest BCUT2D eigenvalue weighted by Gasteiger charge is -2.21. The number of anilines is 1. The number of amides is 1. The van der Waals surface area contributed by atoms with Crippen molar-refractivity contribution in [2.45, 2.75) is 38.2 Å². The lowest BCUT2D eigenvalue weighted by Crippen LogP contribution is -2.44. The minimum atomic E-state index is -0.744. The first-order valence-electron chi connectivity index (χ1n) is 8.90. The van der Waals surface area contributed by atoms with Gasteiger partial charge in [0.1, 0.15) is 28.9 Å². The fourth-order valence-electron chi connectivity index (χ4n) is 3.16. The van der Waals surface area contributed by atoms with Gasteiger partial charge in [0, 0.05) is 13.2 Å². The summed E-state index contributed by atoms with van der Waals surface area (Å²) in [6, 6.07) is 7.79. The van der Waals surface area contributed by atoms with E-state index in [2.05, 4.69) is 16.5 Å². The SMILES string of the molecule is C[C@]1(C(=O)NCCCc2nn(-c3ccc(F)cc3)c(N)c2C#N)CCCO1. The molecule has 1 fully saturated rings. The molecule has 3 rings (SSSR count). The Bertz CT molecular complexity index is 863. The summed E-state index contributed by atoms with van der Waals surface area (Å²) in [6.07, 6.45) is 2.70. The Kier molecular flexibility index (Phi) is 5.42. The van der Waals surface area contributed by atoms with Crippen LogP contribution < -0.4 is 11.1 Å². The number of nitriles is 1. The second-order valence-electron chi connectivity index (χ2n) is 6.75. The zero-order valence-electron chi connectivity index (χ0n) is 15.2. The van der Waals surface area contributed by atoms with Crippen LogP contribution in [0.5, 0.6) is 0 Å². The molecule has 7 nitrogen and oxygen atoms in total. The molecule has 1 aliphatic rings. The number of aryl methyl sites for hydroxylation is 1. The predicted octanol–water partition coefficient (Wildman–Crippen LogP) is 2.08. The molecule has 8 heteroatoms. The van der Waals surface area contributed by atoms with E-state index in [1.807, 2.05) is 0 Å². The molecule has 1 aliphatic heterocycles. The van der Waals surface area contributed by atoms with E-state index in [0.717, 1.165) is 12.8 Å². The van der Waals surface area contributed by atoms with Crippen molar-refractivity contribution < 1.29 is 13.9 Å². The summed E-state index contributed by atoms with van der Waals surface area (Å²) in [7, 11) is 0. The molecule has 1 atom stereocenters. The molecule has 1 aromatic carbocycles. The molecule has 142 valence electrons. The zero-order chi connectivity index (χ0) is 19.4. The smallest absolute Gasteiger partial charge is 0.251 e. The highest BCUT2D eigenvalue weighted by Gasteiger charge is 2.37. The molecule has 1 amide bonds. The number of benzene rings is 1. The molecule has 0 saturated carbocycles. The Morgan fingerprint density at radius 3 is 2.85 bits per heavy atom. The van der Waals surface area contributed by atoms with Crippen molar-refractivity contribution in [3.63, 3.8) is 0 Å². The van der Waals surface area contributed by atoms with Gasteiger partial charge in [0.2, 0.25) is 0 Å². The van der Waals surface area contributed by atoms with Crippen molar-refractivity contribution in [1.29, 1.82) is 5.26 Å². The third kappa shape index (κ3) is 3.93. The summed E-state index contributed by atoms with van der Waals surface area (Å²) in [5.74, 6) is -0.257. The minimum Gasteiger partial charge on any atom is -0.382 e. The van der Waals surface area contributed by atoms with Crippen LogP contribution in [0, 0.1) is 17.1 Å². The molecule has 1 saturated heterocycles. The number of hydrogen-bond acceptors (Lipinski definition) is 5. The summed E-state index contributed by atoms with van der Waals surface area (Å²) >= 11 is 0. The molecule has 2 aromatic rings. The molecule has 0 spiro atoms. The average Bonchev–Trinajstić information content (AvgIpc) is 3.23. The molecule has 2 heterocycles. The van der Waals surface area contributed by atoms with Gasteiger partial charge in [-0.3, -0.25) is 4.79 Å². The number of carbonyl (C=O) groups is 1. The van der Waals surface area contributed by atoms with E-state index < -0.39 is 5.60 Å². The first-order chi connectivity index (χ1) is 12.9. The van der Waals surface area contributed by atoms with Gasteiger partial charge in [0.25, 0.3) is 5.91 Å². The van der Waals surface area contributed by atoms with Gasteiger partial charge >= 0.3 is 0 Å². The first kappa shape index (κ1) is 18.9. The predicted molar refractivity (Wildman–Crippen MR) is 97.6 cm³/mol. The molecule has 27 heavy (non-hydrogen) atoms. The van der Waals surface area contributed by atoms with Gasteiger partial charge in [0.15, 0.2) is 0 Å². The molecular formula is C19H22FN5O2. The lowest BCUT2D eigenvalue weighted by molar-refractivity contribution is -0.139. The van der Waals surface area contributed by atoms with Crippen LogP contribution in [0.3, 0.4) is 0 Å². The van der Waals surface area contributed by atoms with E-state index in [9.17, 15) is 14.4 Å². The summed E-state index contributed by atoms with van der Waals surface area (Å²) in [5.41, 5.74) is 6.73. The van der Waals surface area contributed by atoms with E-state index in [1.54, 1.807) is 19.1 Å². The number of aromatic nitrogens is 2. The molecule has 0 radical (unpaired) electrons. The van der Waals surface area contributed by atoms with Crippen molar-refractivity contribution in [3.8, 4) is 11.8 Å². The maximum Gasteiger partial charge on any atom is 0.251 e. The highest BCUT2D eigenvalue weighted by atomic mass is 19.1. The normalized spacial score (nSPS) is 19.0. The Morgan fingerprint density at radius 2 is 2.22 bits per heavy atom. The Labute approximate surface area is 156 Å². The van der Waals surface area contributed by atoms with Crippen LogP contribution >= 0.6 is 0 Å². The van der Waals surface area contributed by atoms with Crippen molar-refractivity contribution in [2.24, 2.45) is 0 Å². The summed E-state index contributed by atoms with van der Waals surface area (Å²) < 4.78 is 20.1.